The molecule has 116 valence electrons. The van der Waals surface area contributed by atoms with Gasteiger partial charge in [0.2, 0.25) is 0 Å². The number of urea groups is 1. The lowest BCUT2D eigenvalue weighted by Gasteiger charge is -2.23. The smallest absolute Gasteiger partial charge is 0.317 e. The van der Waals surface area contributed by atoms with Crippen LogP contribution in [0.15, 0.2) is 0 Å². The first-order valence-electron chi connectivity index (χ1n) is 7.35. The summed E-state index contributed by atoms with van der Waals surface area (Å²) in [5, 5.41) is 11.5. The molecule has 0 aliphatic carbocycles. The lowest BCUT2D eigenvalue weighted by atomic mass is 10.0. The van der Waals surface area contributed by atoms with Gasteiger partial charge in [-0.15, -0.1) is 0 Å². The van der Waals surface area contributed by atoms with Crippen molar-refractivity contribution >= 4 is 12.0 Å². The summed E-state index contributed by atoms with van der Waals surface area (Å²) < 4.78 is 5.50. The summed E-state index contributed by atoms with van der Waals surface area (Å²) in [4.78, 5) is 24.3. The molecule has 2 amide bonds. The largest absolute Gasteiger partial charge is 0.481 e. The first kappa shape index (κ1) is 16.8. The Kier molecular flexibility index (Phi) is 7.36. The maximum absolute atomic E-state index is 12.0. The summed E-state index contributed by atoms with van der Waals surface area (Å²) in [5.41, 5.74) is 0. The Labute approximate surface area is 120 Å². The first-order valence-corrected chi connectivity index (χ1v) is 7.35. The van der Waals surface area contributed by atoms with Crippen LogP contribution < -0.4 is 5.32 Å². The molecule has 2 atom stereocenters. The number of hydrogen-bond acceptors (Lipinski definition) is 3. The molecule has 0 radical (unpaired) electrons. The molecule has 0 saturated carbocycles. The monoisotopic (exact) mass is 286 g/mol. The predicted molar refractivity (Wildman–Crippen MR) is 75.7 cm³/mol. The standard InChI is InChI=1S/C14H26N2O4/c1-11(4-5-13(17)18)6-7-15-14(19)16-8-3-9-20-12(2)10-16/h11-12H,3-10H2,1-2H3,(H,15,19)(H,17,18). The van der Waals surface area contributed by atoms with Gasteiger partial charge in [0.25, 0.3) is 0 Å². The average Bonchev–Trinajstić information content (AvgIpc) is 2.61. The maximum atomic E-state index is 12.0. The molecule has 0 aromatic carbocycles. The number of nitrogens with one attached hydrogen (secondary N) is 1. The van der Waals surface area contributed by atoms with Gasteiger partial charge in [-0.3, -0.25) is 4.79 Å². The van der Waals surface area contributed by atoms with Crippen LogP contribution in [0.3, 0.4) is 0 Å². The van der Waals surface area contributed by atoms with Crippen LogP contribution in [0.25, 0.3) is 0 Å². The fraction of sp³-hybridized carbons (Fsp3) is 0.857. The SMILES string of the molecule is CC(CCNC(=O)N1CCCOC(C)C1)CCC(=O)O. The third-order valence-electron chi connectivity index (χ3n) is 3.50. The number of nitrogens with zero attached hydrogens (tertiary/aromatic N) is 1. The van der Waals surface area contributed by atoms with Crippen molar-refractivity contribution in [2.24, 2.45) is 5.92 Å². The number of carbonyl (C=O) groups is 2. The van der Waals surface area contributed by atoms with Gasteiger partial charge in [-0.1, -0.05) is 6.92 Å². The minimum atomic E-state index is -0.764. The summed E-state index contributed by atoms with van der Waals surface area (Å²) >= 11 is 0. The molecule has 1 aliphatic heterocycles. The summed E-state index contributed by atoms with van der Waals surface area (Å²) in [6.07, 6.45) is 2.60. The van der Waals surface area contributed by atoms with Crippen molar-refractivity contribution in [3.63, 3.8) is 0 Å². The normalized spacial score (nSPS) is 21.1. The lowest BCUT2D eigenvalue weighted by Crippen LogP contribution is -2.43. The summed E-state index contributed by atoms with van der Waals surface area (Å²) in [5.74, 6) is -0.461. The van der Waals surface area contributed by atoms with Gasteiger partial charge >= 0.3 is 12.0 Å². The molecule has 0 aromatic rings. The molecule has 2 unspecified atom stereocenters. The predicted octanol–water partition coefficient (Wildman–Crippen LogP) is 1.70. The summed E-state index contributed by atoms with van der Waals surface area (Å²) in [6.45, 7) is 6.63. The number of hydrogen-bond donors (Lipinski definition) is 2. The molecule has 1 heterocycles. The minimum absolute atomic E-state index is 0.0483. The van der Waals surface area contributed by atoms with Crippen molar-refractivity contribution in [3.05, 3.63) is 0 Å². The van der Waals surface area contributed by atoms with Crippen molar-refractivity contribution < 1.29 is 19.4 Å². The van der Waals surface area contributed by atoms with E-state index in [0.717, 1.165) is 19.4 Å². The van der Waals surface area contributed by atoms with Gasteiger partial charge < -0.3 is 20.1 Å². The fourth-order valence-corrected chi connectivity index (χ4v) is 2.23. The van der Waals surface area contributed by atoms with E-state index in [1.165, 1.54) is 0 Å². The van der Waals surface area contributed by atoms with E-state index in [1.54, 1.807) is 4.90 Å². The number of amides is 2. The lowest BCUT2D eigenvalue weighted by molar-refractivity contribution is -0.137. The molecule has 6 heteroatoms. The van der Waals surface area contributed by atoms with Crippen LogP contribution in [0.1, 0.15) is 39.5 Å². The Morgan fingerprint density at radius 2 is 2.20 bits per heavy atom. The second kappa shape index (κ2) is 8.79. The summed E-state index contributed by atoms with van der Waals surface area (Å²) in [6, 6.07) is -0.0483. The van der Waals surface area contributed by atoms with E-state index in [0.29, 0.717) is 32.0 Å². The van der Waals surface area contributed by atoms with Gasteiger partial charge in [0.1, 0.15) is 0 Å². The highest BCUT2D eigenvalue weighted by molar-refractivity contribution is 5.74. The molecule has 6 nitrogen and oxygen atoms in total. The van der Waals surface area contributed by atoms with Crippen LogP contribution in [0.2, 0.25) is 0 Å². The molecule has 0 spiro atoms. The zero-order valence-electron chi connectivity index (χ0n) is 12.4. The highest BCUT2D eigenvalue weighted by Crippen LogP contribution is 2.10. The Hall–Kier alpha value is -1.30. The molecule has 0 aromatic heterocycles. The highest BCUT2D eigenvalue weighted by atomic mass is 16.5. The Morgan fingerprint density at radius 3 is 2.90 bits per heavy atom. The van der Waals surface area contributed by atoms with Gasteiger partial charge in [0.15, 0.2) is 0 Å². The molecule has 1 saturated heterocycles. The number of aliphatic carboxylic acids is 1. The van der Waals surface area contributed by atoms with Crippen LogP contribution in [0, 0.1) is 5.92 Å². The van der Waals surface area contributed by atoms with Crippen LogP contribution in [-0.2, 0) is 9.53 Å². The maximum Gasteiger partial charge on any atom is 0.317 e. The Bertz CT molecular complexity index is 322. The Balaban J connectivity index is 2.20. The second-order valence-electron chi connectivity index (χ2n) is 5.54. The van der Waals surface area contributed by atoms with Gasteiger partial charge in [0.05, 0.1) is 6.10 Å². The fourth-order valence-electron chi connectivity index (χ4n) is 2.23. The minimum Gasteiger partial charge on any atom is -0.481 e. The number of ether oxygens (including phenoxy) is 1. The van der Waals surface area contributed by atoms with Crippen molar-refractivity contribution in [1.82, 2.24) is 10.2 Å². The number of carbonyl (C=O) groups excluding carboxylic acids is 1. The molecule has 1 rings (SSSR count). The van der Waals surface area contributed by atoms with E-state index < -0.39 is 5.97 Å². The average molecular weight is 286 g/mol. The first-order chi connectivity index (χ1) is 9.49. The zero-order valence-corrected chi connectivity index (χ0v) is 12.4. The second-order valence-corrected chi connectivity index (χ2v) is 5.54. The van der Waals surface area contributed by atoms with Crippen LogP contribution >= 0.6 is 0 Å². The van der Waals surface area contributed by atoms with E-state index in [4.69, 9.17) is 9.84 Å². The van der Waals surface area contributed by atoms with Crippen molar-refractivity contribution in [2.75, 3.05) is 26.2 Å². The van der Waals surface area contributed by atoms with E-state index in [-0.39, 0.29) is 18.6 Å². The third kappa shape index (κ3) is 6.75. The van der Waals surface area contributed by atoms with Crippen molar-refractivity contribution in [2.45, 2.75) is 45.6 Å². The highest BCUT2D eigenvalue weighted by Gasteiger charge is 2.19. The van der Waals surface area contributed by atoms with E-state index >= 15 is 0 Å². The zero-order chi connectivity index (χ0) is 15.0. The van der Waals surface area contributed by atoms with Gasteiger partial charge in [-0.25, -0.2) is 4.79 Å². The number of rotatable bonds is 6. The molecular formula is C14H26N2O4. The van der Waals surface area contributed by atoms with E-state index in [9.17, 15) is 9.59 Å². The van der Waals surface area contributed by atoms with Crippen LogP contribution in [-0.4, -0.2) is 54.4 Å². The van der Waals surface area contributed by atoms with E-state index in [2.05, 4.69) is 5.32 Å². The number of carboxylic acids is 1. The molecule has 2 N–H and O–H groups in total. The molecule has 0 bridgehead atoms. The van der Waals surface area contributed by atoms with Gasteiger partial charge in [0, 0.05) is 32.7 Å². The molecule has 1 fully saturated rings. The Morgan fingerprint density at radius 1 is 1.45 bits per heavy atom. The molecule has 1 aliphatic rings. The molecular weight excluding hydrogens is 260 g/mol. The molecule has 20 heavy (non-hydrogen) atoms. The van der Waals surface area contributed by atoms with Crippen LogP contribution in [0.4, 0.5) is 4.79 Å². The van der Waals surface area contributed by atoms with E-state index in [1.807, 2.05) is 13.8 Å². The van der Waals surface area contributed by atoms with Gasteiger partial charge in [-0.2, -0.15) is 0 Å². The van der Waals surface area contributed by atoms with Crippen molar-refractivity contribution in [3.8, 4) is 0 Å². The topological polar surface area (TPSA) is 78.9 Å². The van der Waals surface area contributed by atoms with Crippen molar-refractivity contribution in [1.29, 1.82) is 0 Å². The summed E-state index contributed by atoms with van der Waals surface area (Å²) in [7, 11) is 0. The third-order valence-corrected chi connectivity index (χ3v) is 3.50. The quantitative estimate of drug-likeness (QED) is 0.779. The van der Waals surface area contributed by atoms with Gasteiger partial charge in [-0.05, 0) is 32.1 Å². The number of carboxylic acid groups (broad SMARTS) is 1. The van der Waals surface area contributed by atoms with Crippen LogP contribution in [0.5, 0.6) is 0 Å².